The minimum Gasteiger partial charge on any atom is -0.334 e. The van der Waals surface area contributed by atoms with Crippen molar-refractivity contribution in [2.45, 2.75) is 13.0 Å². The van der Waals surface area contributed by atoms with E-state index < -0.39 is 0 Å². The SMILES string of the molecule is O=C(c1cccc(Br)c1)N(CCc1csc2nc(-c3ccc(Cl)cc3)cn12)Cc1ccccc1. The van der Waals surface area contributed by atoms with E-state index in [0.29, 0.717) is 23.7 Å². The first-order valence-corrected chi connectivity index (χ1v) is 12.9. The number of hydrogen-bond donors (Lipinski definition) is 0. The summed E-state index contributed by atoms with van der Waals surface area (Å²) in [6.07, 6.45) is 2.78. The van der Waals surface area contributed by atoms with Gasteiger partial charge in [0.2, 0.25) is 0 Å². The zero-order valence-corrected chi connectivity index (χ0v) is 21.4. The zero-order chi connectivity index (χ0) is 23.5. The van der Waals surface area contributed by atoms with Crippen LogP contribution in [0.5, 0.6) is 0 Å². The number of aromatic nitrogens is 2. The van der Waals surface area contributed by atoms with Crippen molar-refractivity contribution in [1.82, 2.24) is 14.3 Å². The fourth-order valence-electron chi connectivity index (χ4n) is 3.88. The molecule has 0 fully saturated rings. The van der Waals surface area contributed by atoms with Crippen LogP contribution in [0.4, 0.5) is 0 Å². The normalized spacial score (nSPS) is 11.1. The van der Waals surface area contributed by atoms with Gasteiger partial charge in [0, 0.05) is 57.4 Å². The van der Waals surface area contributed by atoms with Crippen LogP contribution in [0.25, 0.3) is 16.2 Å². The number of carbonyl (C=O) groups excluding carboxylic acids is 1. The number of benzene rings is 3. The third-order valence-electron chi connectivity index (χ3n) is 5.64. The van der Waals surface area contributed by atoms with E-state index >= 15 is 0 Å². The lowest BCUT2D eigenvalue weighted by molar-refractivity contribution is 0.0744. The van der Waals surface area contributed by atoms with E-state index in [2.05, 4.69) is 44.0 Å². The maximum atomic E-state index is 13.4. The summed E-state index contributed by atoms with van der Waals surface area (Å²) in [5.74, 6) is 0.0177. The van der Waals surface area contributed by atoms with Gasteiger partial charge in [-0.1, -0.05) is 76.1 Å². The molecule has 0 saturated heterocycles. The molecule has 0 spiro atoms. The fourth-order valence-corrected chi connectivity index (χ4v) is 5.31. The number of carbonyl (C=O) groups is 1. The Bertz CT molecular complexity index is 1430. The molecule has 1 amide bonds. The topological polar surface area (TPSA) is 37.6 Å². The molecule has 0 bridgehead atoms. The van der Waals surface area contributed by atoms with Gasteiger partial charge in [0.05, 0.1) is 5.69 Å². The van der Waals surface area contributed by atoms with Gasteiger partial charge in [0.1, 0.15) is 0 Å². The second kappa shape index (κ2) is 10.1. The third kappa shape index (κ3) is 5.09. The van der Waals surface area contributed by atoms with E-state index in [1.807, 2.05) is 71.6 Å². The summed E-state index contributed by atoms with van der Waals surface area (Å²) in [6, 6.07) is 25.4. The first kappa shape index (κ1) is 22.8. The minimum absolute atomic E-state index is 0.0177. The minimum atomic E-state index is 0.0177. The van der Waals surface area contributed by atoms with Crippen molar-refractivity contribution in [3.63, 3.8) is 0 Å². The van der Waals surface area contributed by atoms with Gasteiger partial charge in [-0.05, 0) is 35.9 Å². The van der Waals surface area contributed by atoms with Crippen LogP contribution >= 0.6 is 38.9 Å². The van der Waals surface area contributed by atoms with Crippen molar-refractivity contribution in [1.29, 1.82) is 0 Å². The number of thiazole rings is 1. The highest BCUT2D eigenvalue weighted by Gasteiger charge is 2.18. The van der Waals surface area contributed by atoms with E-state index in [9.17, 15) is 4.79 Å². The Morgan fingerprint density at radius 2 is 1.82 bits per heavy atom. The number of imidazole rings is 1. The van der Waals surface area contributed by atoms with Crippen LogP contribution in [0.1, 0.15) is 21.6 Å². The molecule has 0 saturated carbocycles. The highest BCUT2D eigenvalue weighted by atomic mass is 79.9. The number of halogens is 2. The molecule has 2 heterocycles. The van der Waals surface area contributed by atoms with E-state index in [-0.39, 0.29) is 5.91 Å². The van der Waals surface area contributed by atoms with Crippen LogP contribution in [0.2, 0.25) is 5.02 Å². The maximum Gasteiger partial charge on any atom is 0.254 e. The predicted octanol–water partition coefficient (Wildman–Crippen LogP) is 7.36. The van der Waals surface area contributed by atoms with Crippen LogP contribution in [0.15, 0.2) is 94.9 Å². The number of nitrogens with zero attached hydrogens (tertiary/aromatic N) is 3. The van der Waals surface area contributed by atoms with Crippen LogP contribution in [-0.4, -0.2) is 26.7 Å². The molecule has 0 N–H and O–H groups in total. The first-order valence-electron chi connectivity index (χ1n) is 10.9. The zero-order valence-electron chi connectivity index (χ0n) is 18.2. The molecule has 0 unspecified atom stereocenters. The van der Waals surface area contributed by atoms with Crippen molar-refractivity contribution in [3.05, 3.63) is 117 Å². The van der Waals surface area contributed by atoms with E-state index in [0.717, 1.165) is 38.4 Å². The lowest BCUT2D eigenvalue weighted by Crippen LogP contribution is -2.32. The molecule has 2 aromatic heterocycles. The summed E-state index contributed by atoms with van der Waals surface area (Å²) in [5, 5.41) is 2.83. The van der Waals surface area contributed by atoms with E-state index in [1.165, 1.54) is 0 Å². The predicted molar refractivity (Wildman–Crippen MR) is 143 cm³/mol. The van der Waals surface area contributed by atoms with Crippen LogP contribution in [0, 0.1) is 0 Å². The average Bonchev–Trinajstić information content (AvgIpc) is 3.44. The number of amides is 1. The Hall–Kier alpha value is -2.93. The fraction of sp³-hybridized carbons (Fsp3) is 0.111. The lowest BCUT2D eigenvalue weighted by atomic mass is 10.1. The van der Waals surface area contributed by atoms with Gasteiger partial charge < -0.3 is 4.90 Å². The van der Waals surface area contributed by atoms with Crippen molar-refractivity contribution in [3.8, 4) is 11.3 Å². The molecule has 0 aliphatic carbocycles. The average molecular weight is 551 g/mol. The molecule has 7 heteroatoms. The van der Waals surface area contributed by atoms with Gasteiger partial charge in [0.15, 0.2) is 4.96 Å². The van der Waals surface area contributed by atoms with E-state index in [4.69, 9.17) is 16.6 Å². The van der Waals surface area contributed by atoms with Gasteiger partial charge >= 0.3 is 0 Å². The molecule has 0 aliphatic heterocycles. The Labute approximate surface area is 215 Å². The molecule has 0 radical (unpaired) electrons. The van der Waals surface area contributed by atoms with E-state index in [1.54, 1.807) is 11.3 Å². The lowest BCUT2D eigenvalue weighted by Gasteiger charge is -2.23. The molecule has 4 nitrogen and oxygen atoms in total. The summed E-state index contributed by atoms with van der Waals surface area (Å²) in [7, 11) is 0. The Morgan fingerprint density at radius 3 is 2.59 bits per heavy atom. The van der Waals surface area contributed by atoms with Crippen molar-refractivity contribution in [2.24, 2.45) is 0 Å². The quantitative estimate of drug-likeness (QED) is 0.212. The second-order valence-electron chi connectivity index (χ2n) is 7.99. The van der Waals surface area contributed by atoms with Crippen molar-refractivity contribution < 1.29 is 4.79 Å². The van der Waals surface area contributed by atoms with Gasteiger partial charge in [-0.25, -0.2) is 4.98 Å². The monoisotopic (exact) mass is 549 g/mol. The van der Waals surface area contributed by atoms with Crippen LogP contribution in [0.3, 0.4) is 0 Å². The standard InChI is InChI=1S/C27H21BrClN3OS/c28-22-8-4-7-21(15-22)26(33)31(16-19-5-2-1-3-6-19)14-13-24-18-34-27-30-25(17-32(24)27)20-9-11-23(29)12-10-20/h1-12,15,17-18H,13-14,16H2. The number of fused-ring (bicyclic) bond motifs is 1. The molecule has 5 rings (SSSR count). The van der Waals surface area contributed by atoms with Crippen LogP contribution in [-0.2, 0) is 13.0 Å². The second-order valence-corrected chi connectivity index (χ2v) is 10.2. The molecule has 3 aromatic carbocycles. The van der Waals surface area contributed by atoms with Crippen molar-refractivity contribution in [2.75, 3.05) is 6.54 Å². The summed E-state index contributed by atoms with van der Waals surface area (Å²) < 4.78 is 3.02. The highest BCUT2D eigenvalue weighted by Crippen LogP contribution is 2.25. The van der Waals surface area contributed by atoms with Gasteiger partial charge in [-0.2, -0.15) is 0 Å². The highest BCUT2D eigenvalue weighted by molar-refractivity contribution is 9.10. The van der Waals surface area contributed by atoms with Gasteiger partial charge in [-0.15, -0.1) is 11.3 Å². The number of rotatable bonds is 7. The molecular weight excluding hydrogens is 530 g/mol. The summed E-state index contributed by atoms with van der Waals surface area (Å²) in [6.45, 7) is 1.15. The third-order valence-corrected chi connectivity index (χ3v) is 7.27. The van der Waals surface area contributed by atoms with Gasteiger partial charge in [-0.3, -0.25) is 9.20 Å². The van der Waals surface area contributed by atoms with Crippen LogP contribution < -0.4 is 0 Å². The largest absolute Gasteiger partial charge is 0.334 e. The molecule has 34 heavy (non-hydrogen) atoms. The molecule has 0 atom stereocenters. The molecule has 0 aliphatic rings. The number of hydrogen-bond acceptors (Lipinski definition) is 3. The maximum absolute atomic E-state index is 13.4. The van der Waals surface area contributed by atoms with Crippen molar-refractivity contribution >= 4 is 49.7 Å². The summed E-state index contributed by atoms with van der Waals surface area (Å²) in [5.41, 5.74) is 4.85. The molecule has 170 valence electrons. The smallest absolute Gasteiger partial charge is 0.254 e. The Morgan fingerprint density at radius 1 is 1.03 bits per heavy atom. The summed E-state index contributed by atoms with van der Waals surface area (Å²) in [4.78, 5) is 21.0. The Kier molecular flexibility index (Phi) is 6.81. The van der Waals surface area contributed by atoms with Gasteiger partial charge in [0.25, 0.3) is 5.91 Å². The molecule has 5 aromatic rings. The Balaban J connectivity index is 1.39. The first-order chi connectivity index (χ1) is 16.6. The molecular formula is C27H21BrClN3OS. The summed E-state index contributed by atoms with van der Waals surface area (Å²) >= 11 is 11.1.